The van der Waals surface area contributed by atoms with Crippen LogP contribution in [0.25, 0.3) is 22.2 Å². The Morgan fingerprint density at radius 2 is 1.83 bits per heavy atom. The van der Waals surface area contributed by atoms with Gasteiger partial charge in [0.1, 0.15) is 0 Å². The number of anilines is 4. The van der Waals surface area contributed by atoms with Gasteiger partial charge in [-0.05, 0) is 43.3 Å². The summed E-state index contributed by atoms with van der Waals surface area (Å²) in [6.07, 6.45) is 3.46. The molecule has 1 aliphatic rings. The van der Waals surface area contributed by atoms with Gasteiger partial charge in [0, 0.05) is 59.1 Å². The third-order valence-electron chi connectivity index (χ3n) is 5.79. The maximum absolute atomic E-state index is 12.0. The number of rotatable bonds is 6. The van der Waals surface area contributed by atoms with E-state index in [2.05, 4.69) is 44.2 Å². The van der Waals surface area contributed by atoms with E-state index >= 15 is 0 Å². The Kier molecular flexibility index (Phi) is 6.36. The Morgan fingerprint density at radius 3 is 2.60 bits per heavy atom. The maximum atomic E-state index is 12.0. The fraction of sp³-hybridized carbons (Fsp3) is 0.185. The lowest BCUT2D eigenvalue weighted by Gasteiger charge is -2.28. The summed E-state index contributed by atoms with van der Waals surface area (Å²) < 4.78 is 5.44. The van der Waals surface area contributed by atoms with Gasteiger partial charge in [0.15, 0.2) is 0 Å². The number of benzene rings is 2. The van der Waals surface area contributed by atoms with Crippen LogP contribution in [0.4, 0.5) is 23.0 Å². The Hall–Kier alpha value is -4.30. The minimum atomic E-state index is -0.228. The molecule has 4 aromatic rings. The van der Waals surface area contributed by atoms with Crippen LogP contribution in [0.1, 0.15) is 6.92 Å². The highest BCUT2D eigenvalue weighted by Gasteiger charge is 2.12. The fourth-order valence-electron chi connectivity index (χ4n) is 3.92. The first-order chi connectivity index (χ1) is 17.1. The first-order valence-electron chi connectivity index (χ1n) is 11.5. The summed E-state index contributed by atoms with van der Waals surface area (Å²) in [6.45, 7) is 8.66. The molecule has 1 fully saturated rings. The van der Waals surface area contributed by atoms with Gasteiger partial charge in [0.05, 0.1) is 24.4 Å². The first-order valence-corrected chi connectivity index (χ1v) is 11.5. The lowest BCUT2D eigenvalue weighted by Crippen LogP contribution is -2.36. The van der Waals surface area contributed by atoms with E-state index in [9.17, 15) is 4.79 Å². The molecule has 8 nitrogen and oxygen atoms in total. The lowest BCUT2D eigenvalue weighted by atomic mass is 10.1. The van der Waals surface area contributed by atoms with Crippen LogP contribution in [0.5, 0.6) is 0 Å². The molecule has 1 saturated heterocycles. The van der Waals surface area contributed by atoms with Gasteiger partial charge in [0.25, 0.3) is 5.91 Å². The molecule has 1 aliphatic heterocycles. The molecule has 0 unspecified atom stereocenters. The third-order valence-corrected chi connectivity index (χ3v) is 5.79. The van der Waals surface area contributed by atoms with Crippen LogP contribution in [-0.2, 0) is 9.53 Å². The van der Waals surface area contributed by atoms with Gasteiger partial charge in [-0.15, -0.1) is 0 Å². The molecule has 35 heavy (non-hydrogen) atoms. The van der Waals surface area contributed by atoms with E-state index in [1.54, 1.807) is 25.4 Å². The summed E-state index contributed by atoms with van der Waals surface area (Å²) in [6, 6.07) is 17.7. The van der Waals surface area contributed by atoms with Crippen molar-refractivity contribution in [2.75, 3.05) is 41.8 Å². The molecule has 0 radical (unpaired) electrons. The monoisotopic (exact) mass is 466 g/mol. The van der Waals surface area contributed by atoms with Crippen LogP contribution in [0.2, 0.25) is 0 Å². The average Bonchev–Trinajstić information content (AvgIpc) is 2.89. The Morgan fingerprint density at radius 1 is 1.03 bits per heavy atom. The second kappa shape index (κ2) is 9.90. The van der Waals surface area contributed by atoms with Gasteiger partial charge in [-0.1, -0.05) is 24.8 Å². The summed E-state index contributed by atoms with van der Waals surface area (Å²) in [7, 11) is 0. The van der Waals surface area contributed by atoms with Crippen molar-refractivity contribution in [1.29, 1.82) is 0 Å². The maximum Gasteiger partial charge on any atom is 0.250 e. The minimum absolute atomic E-state index is 0.228. The standard InChI is InChI=1S/C27H26N6O2/c1-18(2)26(34)30-21-10-11-28-24(16-21)23-5-3-4-19-17-29-27(32-25(19)23)31-20-6-8-22(9-7-20)33-12-14-35-15-13-33/h3-11,16-17H,1,12-15H2,2H3,(H,28,30,34)(H,29,31,32). The number of morpholine rings is 1. The largest absolute Gasteiger partial charge is 0.378 e. The van der Waals surface area contributed by atoms with E-state index in [0.717, 1.165) is 48.5 Å². The van der Waals surface area contributed by atoms with Crippen molar-refractivity contribution in [3.63, 3.8) is 0 Å². The smallest absolute Gasteiger partial charge is 0.250 e. The molecule has 0 bridgehead atoms. The van der Waals surface area contributed by atoms with E-state index < -0.39 is 0 Å². The Bertz CT molecular complexity index is 1380. The van der Waals surface area contributed by atoms with Crippen molar-refractivity contribution in [3.05, 3.63) is 79.1 Å². The Balaban J connectivity index is 1.41. The first kappa shape index (κ1) is 22.5. The molecule has 0 atom stereocenters. The van der Waals surface area contributed by atoms with Crippen LogP contribution >= 0.6 is 0 Å². The molecule has 2 aromatic carbocycles. The second-order valence-corrected chi connectivity index (χ2v) is 8.37. The molecule has 3 heterocycles. The van der Waals surface area contributed by atoms with Gasteiger partial charge < -0.3 is 20.3 Å². The summed E-state index contributed by atoms with van der Waals surface area (Å²) in [4.78, 5) is 28.1. The number of nitrogens with zero attached hydrogens (tertiary/aromatic N) is 4. The van der Waals surface area contributed by atoms with Crippen LogP contribution in [0, 0.1) is 0 Å². The number of hydrogen-bond acceptors (Lipinski definition) is 7. The fourth-order valence-corrected chi connectivity index (χ4v) is 3.92. The van der Waals surface area contributed by atoms with Gasteiger partial charge in [-0.25, -0.2) is 9.97 Å². The number of amides is 1. The van der Waals surface area contributed by atoms with E-state index in [0.29, 0.717) is 22.9 Å². The van der Waals surface area contributed by atoms with Gasteiger partial charge in [0.2, 0.25) is 5.95 Å². The number of carbonyl (C=O) groups excluding carboxylic acids is 1. The number of ether oxygens (including phenoxy) is 1. The van der Waals surface area contributed by atoms with Crippen LogP contribution in [-0.4, -0.2) is 47.2 Å². The van der Waals surface area contributed by atoms with Crippen molar-refractivity contribution >= 4 is 39.8 Å². The van der Waals surface area contributed by atoms with Crippen LogP contribution < -0.4 is 15.5 Å². The highest BCUT2D eigenvalue weighted by molar-refractivity contribution is 6.03. The molecule has 176 valence electrons. The van der Waals surface area contributed by atoms with E-state index in [4.69, 9.17) is 9.72 Å². The quantitative estimate of drug-likeness (QED) is 0.395. The molecule has 2 aromatic heterocycles. The minimum Gasteiger partial charge on any atom is -0.378 e. The molecule has 0 aliphatic carbocycles. The van der Waals surface area contributed by atoms with Crippen molar-refractivity contribution in [2.24, 2.45) is 0 Å². The van der Waals surface area contributed by atoms with Gasteiger partial charge >= 0.3 is 0 Å². The summed E-state index contributed by atoms with van der Waals surface area (Å²) in [5.74, 6) is 0.268. The molecule has 2 N–H and O–H groups in total. The Labute approximate surface area is 203 Å². The second-order valence-electron chi connectivity index (χ2n) is 8.37. The highest BCUT2D eigenvalue weighted by Crippen LogP contribution is 2.29. The molecule has 5 rings (SSSR count). The average molecular weight is 467 g/mol. The predicted molar refractivity (Wildman–Crippen MR) is 139 cm³/mol. The van der Waals surface area contributed by atoms with Crippen molar-refractivity contribution < 1.29 is 9.53 Å². The SMILES string of the molecule is C=C(C)C(=O)Nc1ccnc(-c2cccc3cnc(Nc4ccc(N5CCOCC5)cc4)nc23)c1. The normalized spacial score (nSPS) is 13.5. The number of pyridine rings is 1. The predicted octanol–water partition coefficient (Wildman–Crippen LogP) is 4.79. The molecule has 0 spiro atoms. The van der Waals surface area contributed by atoms with Crippen LogP contribution in [0.3, 0.4) is 0 Å². The number of nitrogens with one attached hydrogen (secondary N) is 2. The van der Waals surface area contributed by atoms with Gasteiger partial charge in [-0.2, -0.15) is 0 Å². The number of carbonyl (C=O) groups is 1. The number of fused-ring (bicyclic) bond motifs is 1. The lowest BCUT2D eigenvalue weighted by molar-refractivity contribution is -0.112. The molecule has 0 saturated carbocycles. The van der Waals surface area contributed by atoms with Crippen molar-refractivity contribution in [3.8, 4) is 11.3 Å². The summed E-state index contributed by atoms with van der Waals surface area (Å²) >= 11 is 0. The van der Waals surface area contributed by atoms with Gasteiger partial charge in [-0.3, -0.25) is 9.78 Å². The van der Waals surface area contributed by atoms with E-state index in [-0.39, 0.29) is 5.91 Å². The summed E-state index contributed by atoms with van der Waals surface area (Å²) in [5, 5.41) is 7.04. The van der Waals surface area contributed by atoms with Crippen LogP contribution in [0.15, 0.2) is 79.1 Å². The third kappa shape index (κ3) is 5.12. The number of para-hydroxylation sites is 1. The number of hydrogen-bond donors (Lipinski definition) is 2. The highest BCUT2D eigenvalue weighted by atomic mass is 16.5. The molecule has 1 amide bonds. The van der Waals surface area contributed by atoms with Crippen molar-refractivity contribution in [1.82, 2.24) is 15.0 Å². The molecule has 8 heteroatoms. The zero-order chi connectivity index (χ0) is 24.2. The molecular formula is C27H26N6O2. The molecular weight excluding hydrogens is 440 g/mol. The number of aromatic nitrogens is 3. The zero-order valence-corrected chi connectivity index (χ0v) is 19.5. The van der Waals surface area contributed by atoms with E-state index in [1.807, 2.05) is 36.4 Å². The summed E-state index contributed by atoms with van der Waals surface area (Å²) in [5.41, 5.74) is 5.48. The van der Waals surface area contributed by atoms with E-state index in [1.165, 1.54) is 5.69 Å². The zero-order valence-electron chi connectivity index (χ0n) is 19.5. The topological polar surface area (TPSA) is 92.3 Å². The van der Waals surface area contributed by atoms with Crippen molar-refractivity contribution in [2.45, 2.75) is 6.92 Å².